The molecule has 0 spiro atoms. The summed E-state index contributed by atoms with van der Waals surface area (Å²) < 4.78 is 1.99. The Morgan fingerprint density at radius 3 is 2.55 bits per heavy atom. The van der Waals surface area contributed by atoms with Gasteiger partial charge in [0.25, 0.3) is 5.91 Å². The fraction of sp³-hybridized carbons (Fsp3) is 0.267. The molecule has 0 unspecified atom stereocenters. The van der Waals surface area contributed by atoms with E-state index >= 15 is 0 Å². The number of pyridine rings is 1. The molecule has 2 aromatic heterocycles. The fourth-order valence-corrected chi connectivity index (χ4v) is 5.89. The van der Waals surface area contributed by atoms with E-state index in [1.54, 1.807) is 4.90 Å². The molecule has 1 N–H and O–H groups in total. The Kier molecular flexibility index (Phi) is 5.46. The Morgan fingerprint density at radius 1 is 0.947 bits per heavy atom. The molecule has 190 valence electrons. The van der Waals surface area contributed by atoms with Crippen molar-refractivity contribution < 1.29 is 4.79 Å². The van der Waals surface area contributed by atoms with Gasteiger partial charge in [0.2, 0.25) is 5.96 Å². The van der Waals surface area contributed by atoms with Crippen molar-refractivity contribution in [2.24, 2.45) is 4.99 Å². The molecule has 38 heavy (non-hydrogen) atoms. The van der Waals surface area contributed by atoms with Crippen LogP contribution in [0.2, 0.25) is 0 Å². The summed E-state index contributed by atoms with van der Waals surface area (Å²) in [6.07, 6.45) is 5.08. The summed E-state index contributed by atoms with van der Waals surface area (Å²) in [5.74, 6) is 2.15. The zero-order valence-corrected chi connectivity index (χ0v) is 21.3. The third-order valence-corrected chi connectivity index (χ3v) is 7.79. The maximum atomic E-state index is 13.7. The number of benzene rings is 2. The van der Waals surface area contributed by atoms with E-state index in [1.165, 1.54) is 0 Å². The number of rotatable bonds is 6. The van der Waals surface area contributed by atoms with Gasteiger partial charge in [-0.1, -0.05) is 60.7 Å². The number of hydrogen-bond acceptors (Lipinski definition) is 6. The van der Waals surface area contributed by atoms with Crippen LogP contribution in [0.25, 0.3) is 11.3 Å². The van der Waals surface area contributed by atoms with E-state index in [1.807, 2.05) is 54.3 Å². The monoisotopic (exact) mass is 503 g/mol. The van der Waals surface area contributed by atoms with Crippen LogP contribution < -0.4 is 10.2 Å². The number of aromatic nitrogens is 3. The lowest BCUT2D eigenvalue weighted by molar-refractivity contribution is 0.0865. The van der Waals surface area contributed by atoms with E-state index in [0.717, 1.165) is 53.4 Å². The summed E-state index contributed by atoms with van der Waals surface area (Å²) in [5.41, 5.74) is 4.89. The van der Waals surface area contributed by atoms with Crippen LogP contribution in [-0.4, -0.2) is 50.7 Å². The fourth-order valence-electron chi connectivity index (χ4n) is 5.89. The highest BCUT2D eigenvalue weighted by Gasteiger charge is 2.49. The maximum absolute atomic E-state index is 13.7. The highest BCUT2D eigenvalue weighted by atomic mass is 16.2. The molecule has 8 heteroatoms. The van der Waals surface area contributed by atoms with Gasteiger partial charge in [-0.25, -0.2) is 9.67 Å². The minimum absolute atomic E-state index is 0.0673. The Hall–Kier alpha value is -4.46. The largest absolute Gasteiger partial charge is 0.364 e. The number of nitrogens with zero attached hydrogens (tertiary/aromatic N) is 6. The van der Waals surface area contributed by atoms with Gasteiger partial charge in [0.05, 0.1) is 24.3 Å². The number of anilines is 2. The van der Waals surface area contributed by atoms with Gasteiger partial charge in [0.1, 0.15) is 11.4 Å². The number of nitrogens with one attached hydrogen (secondary N) is 1. The molecule has 2 aromatic carbocycles. The summed E-state index contributed by atoms with van der Waals surface area (Å²) in [5, 5.41) is 8.45. The summed E-state index contributed by atoms with van der Waals surface area (Å²) in [4.78, 5) is 27.1. The van der Waals surface area contributed by atoms with Crippen molar-refractivity contribution in [2.75, 3.05) is 17.3 Å². The predicted octanol–water partition coefficient (Wildman–Crippen LogP) is 4.79. The predicted molar refractivity (Wildman–Crippen MR) is 148 cm³/mol. The first-order chi connectivity index (χ1) is 18.7. The Bertz CT molecular complexity index is 1510. The van der Waals surface area contributed by atoms with Crippen LogP contribution in [0.3, 0.4) is 0 Å². The van der Waals surface area contributed by atoms with Crippen molar-refractivity contribution in [1.82, 2.24) is 19.7 Å². The molecule has 8 nitrogen and oxygen atoms in total. The molecule has 4 heterocycles. The van der Waals surface area contributed by atoms with Crippen LogP contribution in [0.5, 0.6) is 0 Å². The van der Waals surface area contributed by atoms with E-state index in [0.29, 0.717) is 24.5 Å². The van der Waals surface area contributed by atoms with E-state index in [4.69, 9.17) is 10.1 Å². The average molecular weight is 504 g/mol. The third-order valence-electron chi connectivity index (χ3n) is 7.79. The smallest absolute Gasteiger partial charge is 0.267 e. The van der Waals surface area contributed by atoms with Crippen molar-refractivity contribution in [3.63, 3.8) is 0 Å². The van der Waals surface area contributed by atoms with Crippen molar-refractivity contribution in [2.45, 2.75) is 44.4 Å². The summed E-state index contributed by atoms with van der Waals surface area (Å²) in [6.45, 7) is 1.14. The van der Waals surface area contributed by atoms with E-state index in [2.05, 4.69) is 51.6 Å². The van der Waals surface area contributed by atoms with Gasteiger partial charge in [-0.05, 0) is 42.5 Å². The first-order valence-corrected chi connectivity index (χ1v) is 13.2. The summed E-state index contributed by atoms with van der Waals surface area (Å²) in [7, 11) is 1.83. The van der Waals surface area contributed by atoms with Gasteiger partial charge in [0, 0.05) is 25.4 Å². The Labute approximate surface area is 221 Å². The maximum Gasteiger partial charge on any atom is 0.267 e. The zero-order valence-electron chi connectivity index (χ0n) is 21.3. The summed E-state index contributed by atoms with van der Waals surface area (Å²) >= 11 is 0. The van der Waals surface area contributed by atoms with Crippen LogP contribution in [0.4, 0.5) is 11.6 Å². The van der Waals surface area contributed by atoms with Gasteiger partial charge in [0.15, 0.2) is 5.82 Å². The number of fused-ring (bicyclic) bond motifs is 5. The van der Waals surface area contributed by atoms with Crippen molar-refractivity contribution in [3.05, 3.63) is 95.7 Å². The normalized spacial score (nSPS) is 19.7. The first-order valence-electron chi connectivity index (χ1n) is 13.2. The van der Waals surface area contributed by atoms with Crippen molar-refractivity contribution in [1.29, 1.82) is 0 Å². The Balaban J connectivity index is 1.27. The van der Waals surface area contributed by atoms with Gasteiger partial charge < -0.3 is 5.32 Å². The number of aliphatic imine (C=N–C) groups is 1. The molecular weight excluding hydrogens is 474 g/mol. The van der Waals surface area contributed by atoms with Gasteiger partial charge >= 0.3 is 0 Å². The molecule has 1 saturated carbocycles. The van der Waals surface area contributed by atoms with Gasteiger partial charge in [-0.2, -0.15) is 5.10 Å². The average Bonchev–Trinajstić information content (AvgIpc) is 3.66. The van der Waals surface area contributed by atoms with E-state index < -0.39 is 0 Å². The molecule has 4 aromatic rings. The number of hydrogen-bond donors (Lipinski definition) is 1. The molecule has 1 aliphatic carbocycles. The zero-order chi connectivity index (χ0) is 25.6. The number of amides is 1. The van der Waals surface area contributed by atoms with Gasteiger partial charge in [-0.15, -0.1) is 0 Å². The van der Waals surface area contributed by atoms with Crippen LogP contribution in [0.1, 0.15) is 40.7 Å². The first kappa shape index (κ1) is 22.7. The molecule has 1 amide bonds. The van der Waals surface area contributed by atoms with E-state index in [-0.39, 0.29) is 18.0 Å². The lowest BCUT2D eigenvalue weighted by Crippen LogP contribution is -2.52. The molecule has 2 aliphatic heterocycles. The van der Waals surface area contributed by atoms with E-state index in [9.17, 15) is 4.79 Å². The van der Waals surface area contributed by atoms with Crippen LogP contribution in [0.15, 0.2) is 84.0 Å². The lowest BCUT2D eigenvalue weighted by atomic mass is 10.1. The molecular formula is C30H29N7O. The SMILES string of the molecule is CN1C(=O)c2c(NCc3ccccc3)nn(Cc3ccc(-c4ccccn4)cc3)c2N2C1=N[C@@H]1CCC[C@@H]12. The lowest BCUT2D eigenvalue weighted by Gasteiger charge is -2.35. The minimum atomic E-state index is -0.0673. The number of guanidine groups is 1. The topological polar surface area (TPSA) is 78.7 Å². The quantitative estimate of drug-likeness (QED) is 0.409. The second-order valence-electron chi connectivity index (χ2n) is 10.2. The molecule has 0 radical (unpaired) electrons. The van der Waals surface area contributed by atoms with Crippen LogP contribution >= 0.6 is 0 Å². The molecule has 7 rings (SSSR count). The summed E-state index contributed by atoms with van der Waals surface area (Å²) in [6, 6.07) is 25.0. The van der Waals surface area contributed by atoms with Crippen LogP contribution in [0, 0.1) is 0 Å². The molecule has 2 atom stereocenters. The standard InChI is InChI=1S/C30H29N7O/c1-35-29(38)26-27(32-18-20-8-3-2-4-9-20)34-36(28(26)37-25-12-7-11-24(25)33-30(35)37)19-21-13-15-22(16-14-21)23-10-5-6-17-31-23/h2-6,8-10,13-17,24-25H,7,11-12,18-19H2,1H3,(H,32,34)/t24-,25+/m1/s1. The van der Waals surface area contributed by atoms with Crippen LogP contribution in [-0.2, 0) is 13.1 Å². The third kappa shape index (κ3) is 3.75. The highest BCUT2D eigenvalue weighted by molar-refractivity contribution is 6.21. The van der Waals surface area contributed by atoms with Crippen molar-refractivity contribution >= 4 is 23.5 Å². The second-order valence-corrected chi connectivity index (χ2v) is 10.2. The minimum Gasteiger partial charge on any atom is -0.364 e. The number of carbonyl (C=O) groups is 1. The molecule has 0 saturated heterocycles. The number of carbonyl (C=O) groups excluding carboxylic acids is 1. The van der Waals surface area contributed by atoms with Gasteiger partial charge in [-0.3, -0.25) is 19.6 Å². The molecule has 0 bridgehead atoms. The Morgan fingerprint density at radius 2 is 1.76 bits per heavy atom. The second kappa shape index (κ2) is 9.13. The van der Waals surface area contributed by atoms with Crippen molar-refractivity contribution in [3.8, 4) is 11.3 Å². The highest BCUT2D eigenvalue weighted by Crippen LogP contribution is 2.43. The molecule has 3 aliphatic rings. The molecule has 1 fully saturated rings.